The molecule has 1 aliphatic carbocycles. The summed E-state index contributed by atoms with van der Waals surface area (Å²) in [5.41, 5.74) is -1.01. The maximum Gasteiger partial charge on any atom is 0.410 e. The maximum atomic E-state index is 14.3. The lowest BCUT2D eigenvalue weighted by atomic mass is 9.65. The lowest BCUT2D eigenvalue weighted by molar-refractivity contribution is 0.0192. The van der Waals surface area contributed by atoms with Gasteiger partial charge in [0, 0.05) is 19.1 Å². The SMILES string of the molecule is CC(C)(C)OC(=O)N1CCC2(CC(n3cnc4ccc(Oc5c(F)ccc(F)c5C#N)cc4c3=O)C2)C1. The minimum Gasteiger partial charge on any atom is -0.453 e. The molecule has 2 aliphatic rings. The van der Waals surface area contributed by atoms with Gasteiger partial charge in [-0.1, -0.05) is 0 Å². The topological polar surface area (TPSA) is 97.4 Å². The molecule has 0 unspecified atom stereocenters. The fourth-order valence-corrected chi connectivity index (χ4v) is 5.18. The first kappa shape index (κ1) is 24.7. The van der Waals surface area contributed by atoms with E-state index in [1.54, 1.807) is 21.6 Å². The fourth-order valence-electron chi connectivity index (χ4n) is 5.18. The first-order valence-electron chi connectivity index (χ1n) is 12.0. The van der Waals surface area contributed by atoms with Crippen LogP contribution in [0, 0.1) is 28.4 Å². The van der Waals surface area contributed by atoms with Crippen LogP contribution in [0.25, 0.3) is 10.9 Å². The number of nitriles is 1. The van der Waals surface area contributed by atoms with Crippen LogP contribution >= 0.6 is 0 Å². The number of aromatic nitrogens is 2. The highest BCUT2D eigenvalue weighted by Gasteiger charge is 2.50. The van der Waals surface area contributed by atoms with Gasteiger partial charge in [0.2, 0.25) is 0 Å². The number of fused-ring (bicyclic) bond motifs is 1. The summed E-state index contributed by atoms with van der Waals surface area (Å²) >= 11 is 0. The van der Waals surface area contributed by atoms with Gasteiger partial charge in [-0.15, -0.1) is 0 Å². The van der Waals surface area contributed by atoms with Crippen molar-refractivity contribution in [3.8, 4) is 17.6 Å². The third-order valence-electron chi connectivity index (χ3n) is 6.97. The molecule has 37 heavy (non-hydrogen) atoms. The van der Waals surface area contributed by atoms with Crippen molar-refractivity contribution in [2.24, 2.45) is 5.41 Å². The molecule has 192 valence electrons. The second-order valence-electron chi connectivity index (χ2n) is 10.8. The molecule has 1 saturated carbocycles. The first-order valence-corrected chi connectivity index (χ1v) is 12.0. The molecule has 0 radical (unpaired) electrons. The number of nitrogens with zero attached hydrogens (tertiary/aromatic N) is 4. The van der Waals surface area contributed by atoms with Crippen LogP contribution in [0.3, 0.4) is 0 Å². The minimum atomic E-state index is -0.903. The van der Waals surface area contributed by atoms with E-state index in [1.807, 2.05) is 20.8 Å². The Morgan fingerprint density at radius 1 is 1.19 bits per heavy atom. The molecule has 1 saturated heterocycles. The van der Waals surface area contributed by atoms with Crippen LogP contribution in [-0.2, 0) is 4.74 Å². The Morgan fingerprint density at radius 3 is 2.62 bits per heavy atom. The zero-order valence-electron chi connectivity index (χ0n) is 20.8. The number of hydrogen-bond acceptors (Lipinski definition) is 6. The Balaban J connectivity index is 1.35. The van der Waals surface area contributed by atoms with E-state index in [0.717, 1.165) is 31.4 Å². The average Bonchev–Trinajstić information content (AvgIpc) is 3.27. The predicted molar refractivity (Wildman–Crippen MR) is 130 cm³/mol. The van der Waals surface area contributed by atoms with Crippen LogP contribution in [-0.4, -0.2) is 39.2 Å². The van der Waals surface area contributed by atoms with Crippen molar-refractivity contribution in [3.63, 3.8) is 0 Å². The molecule has 2 aromatic carbocycles. The van der Waals surface area contributed by atoms with Crippen LogP contribution in [0.1, 0.15) is 51.6 Å². The van der Waals surface area contributed by atoms with Crippen LogP contribution in [0.2, 0.25) is 0 Å². The van der Waals surface area contributed by atoms with Gasteiger partial charge < -0.3 is 14.4 Å². The van der Waals surface area contributed by atoms with Gasteiger partial charge in [0.1, 0.15) is 28.8 Å². The normalized spacial score (nSPS) is 21.1. The molecule has 5 rings (SSSR count). The summed E-state index contributed by atoms with van der Waals surface area (Å²) in [6.07, 6.45) is 3.50. The zero-order chi connectivity index (χ0) is 26.5. The van der Waals surface area contributed by atoms with Crippen molar-refractivity contribution < 1.29 is 23.0 Å². The zero-order valence-corrected chi connectivity index (χ0v) is 20.8. The van der Waals surface area contributed by atoms with Gasteiger partial charge in [0.05, 0.1) is 17.2 Å². The number of carbonyl (C=O) groups is 1. The number of hydrogen-bond donors (Lipinski definition) is 0. The van der Waals surface area contributed by atoms with Crippen molar-refractivity contribution >= 4 is 17.0 Å². The summed E-state index contributed by atoms with van der Waals surface area (Å²) in [5, 5.41) is 9.47. The van der Waals surface area contributed by atoms with Crippen molar-refractivity contribution in [3.05, 3.63) is 64.2 Å². The Hall–Kier alpha value is -4.00. The molecule has 2 fully saturated rings. The van der Waals surface area contributed by atoms with Gasteiger partial charge in [-0.25, -0.2) is 18.6 Å². The number of halogens is 2. The molecule has 3 aromatic rings. The monoisotopic (exact) mass is 508 g/mol. The minimum absolute atomic E-state index is 0.0521. The molecule has 1 aromatic heterocycles. The van der Waals surface area contributed by atoms with E-state index in [9.17, 15) is 23.6 Å². The number of rotatable bonds is 3. The van der Waals surface area contributed by atoms with Gasteiger partial charge in [0.15, 0.2) is 11.6 Å². The molecule has 1 aliphatic heterocycles. The first-order chi connectivity index (χ1) is 17.5. The summed E-state index contributed by atoms with van der Waals surface area (Å²) < 4.78 is 40.8. The van der Waals surface area contributed by atoms with Crippen LogP contribution in [0.5, 0.6) is 11.5 Å². The highest BCUT2D eigenvalue weighted by Crippen LogP contribution is 2.53. The predicted octanol–water partition coefficient (Wildman–Crippen LogP) is 5.30. The Morgan fingerprint density at radius 2 is 1.92 bits per heavy atom. The largest absolute Gasteiger partial charge is 0.453 e. The molecule has 0 atom stereocenters. The summed E-state index contributed by atoms with van der Waals surface area (Å²) in [4.78, 5) is 31.9. The van der Waals surface area contributed by atoms with E-state index in [2.05, 4.69) is 4.98 Å². The van der Waals surface area contributed by atoms with E-state index < -0.39 is 28.5 Å². The van der Waals surface area contributed by atoms with Gasteiger partial charge >= 0.3 is 6.09 Å². The highest BCUT2D eigenvalue weighted by atomic mass is 19.1. The van der Waals surface area contributed by atoms with Crippen molar-refractivity contribution in [2.45, 2.75) is 51.7 Å². The number of likely N-dealkylation sites (tertiary alicyclic amines) is 1. The third-order valence-corrected chi connectivity index (χ3v) is 6.97. The standard InChI is InChI=1S/C27H26F2N4O4/c1-26(2,3)37-25(35)32-9-8-27(14-32)11-16(12-27)33-15-31-22-7-4-17(10-18(22)24(33)34)36-23-19(13-30)20(28)5-6-21(23)29/h4-7,10,15-16H,8-9,11-12,14H2,1-3H3. The van der Waals surface area contributed by atoms with Crippen molar-refractivity contribution in [1.29, 1.82) is 5.26 Å². The molecule has 1 spiro atoms. The number of carbonyl (C=O) groups excluding carboxylic acids is 1. The second-order valence-corrected chi connectivity index (χ2v) is 10.8. The van der Waals surface area contributed by atoms with Crippen molar-refractivity contribution in [2.75, 3.05) is 13.1 Å². The summed E-state index contributed by atoms with van der Waals surface area (Å²) in [7, 11) is 0. The number of amides is 1. The van der Waals surface area contributed by atoms with E-state index in [1.165, 1.54) is 18.5 Å². The molecule has 1 amide bonds. The van der Waals surface area contributed by atoms with Crippen LogP contribution in [0.15, 0.2) is 41.5 Å². The third kappa shape index (κ3) is 4.61. The quantitative estimate of drug-likeness (QED) is 0.476. The Labute approximate surface area is 212 Å². The smallest absolute Gasteiger partial charge is 0.410 e. The van der Waals surface area contributed by atoms with E-state index in [-0.39, 0.29) is 34.2 Å². The summed E-state index contributed by atoms with van der Waals surface area (Å²) in [5.74, 6) is -2.25. The molecule has 2 heterocycles. The average molecular weight is 509 g/mol. The van der Waals surface area contributed by atoms with Gasteiger partial charge in [-0.05, 0) is 75.8 Å². The van der Waals surface area contributed by atoms with Crippen LogP contribution in [0.4, 0.5) is 13.6 Å². The van der Waals surface area contributed by atoms with E-state index >= 15 is 0 Å². The lowest BCUT2D eigenvalue weighted by Crippen LogP contribution is -2.45. The number of benzene rings is 2. The van der Waals surface area contributed by atoms with Gasteiger partial charge in [-0.3, -0.25) is 9.36 Å². The maximum absolute atomic E-state index is 14.3. The van der Waals surface area contributed by atoms with Gasteiger partial charge in [-0.2, -0.15) is 5.26 Å². The van der Waals surface area contributed by atoms with Crippen molar-refractivity contribution in [1.82, 2.24) is 14.5 Å². The summed E-state index contributed by atoms with van der Waals surface area (Å²) in [6.45, 7) is 6.72. The molecule has 0 bridgehead atoms. The Bertz CT molecular complexity index is 1500. The van der Waals surface area contributed by atoms with E-state index in [0.29, 0.717) is 18.6 Å². The molecule has 0 N–H and O–H groups in total. The molecule has 8 nitrogen and oxygen atoms in total. The molecular formula is C27H26F2N4O4. The van der Waals surface area contributed by atoms with Gasteiger partial charge in [0.25, 0.3) is 5.56 Å². The lowest BCUT2D eigenvalue weighted by Gasteiger charge is -2.45. The fraction of sp³-hybridized carbons (Fsp3) is 0.407. The van der Waals surface area contributed by atoms with E-state index in [4.69, 9.17) is 9.47 Å². The summed E-state index contributed by atoms with van der Waals surface area (Å²) in [6, 6.07) is 7.71. The Kier molecular flexibility index (Phi) is 5.89. The number of ether oxygens (including phenoxy) is 2. The molecule has 10 heteroatoms. The van der Waals surface area contributed by atoms with Crippen LogP contribution < -0.4 is 10.3 Å². The highest BCUT2D eigenvalue weighted by molar-refractivity contribution is 5.79. The molecular weight excluding hydrogens is 482 g/mol. The second kappa shape index (κ2) is 8.83.